The summed E-state index contributed by atoms with van der Waals surface area (Å²) in [5, 5.41) is 2.46. The minimum atomic E-state index is -0.802. The molecule has 5 rings (SSSR count). The first kappa shape index (κ1) is 21.7. The van der Waals surface area contributed by atoms with E-state index in [1.807, 2.05) is 36.4 Å². The van der Waals surface area contributed by atoms with Gasteiger partial charge in [0.05, 0.1) is 17.2 Å². The maximum atomic E-state index is 12.6. The fraction of sp³-hybridized carbons (Fsp3) is 0.0741. The van der Waals surface area contributed by atoms with Crippen LogP contribution in [0.5, 0.6) is 23.1 Å². The lowest BCUT2D eigenvalue weighted by Gasteiger charge is -2.15. The van der Waals surface area contributed by atoms with Crippen LogP contribution in [-0.2, 0) is 4.79 Å². The number of aromatic nitrogens is 2. The van der Waals surface area contributed by atoms with Gasteiger partial charge in [-0.2, -0.15) is 0 Å². The van der Waals surface area contributed by atoms with Gasteiger partial charge in [0, 0.05) is 10.4 Å². The highest BCUT2D eigenvalue weighted by atomic mass is 35.5. The summed E-state index contributed by atoms with van der Waals surface area (Å²) >= 11 is 5.98. The number of hydrogen-bond acceptors (Lipinski definition) is 6. The highest BCUT2D eigenvalue weighted by Crippen LogP contribution is 2.27. The summed E-state index contributed by atoms with van der Waals surface area (Å²) in [6.45, 7) is 1.65. The van der Waals surface area contributed by atoms with Gasteiger partial charge in [-0.15, -0.1) is 0 Å². The second kappa shape index (κ2) is 9.37. The van der Waals surface area contributed by atoms with E-state index in [2.05, 4.69) is 9.97 Å². The summed E-state index contributed by atoms with van der Waals surface area (Å²) in [4.78, 5) is 21.4. The van der Waals surface area contributed by atoms with Gasteiger partial charge >= 0.3 is 5.97 Å². The Morgan fingerprint density at radius 1 is 0.882 bits per heavy atom. The van der Waals surface area contributed by atoms with Crippen LogP contribution in [0.2, 0.25) is 5.02 Å². The molecule has 0 aliphatic rings. The minimum Gasteiger partial charge on any atom is -0.479 e. The number of halogens is 1. The average Bonchev–Trinajstić information content (AvgIpc) is 2.85. The van der Waals surface area contributed by atoms with Gasteiger partial charge in [-0.1, -0.05) is 48.0 Å². The maximum absolute atomic E-state index is 12.6. The van der Waals surface area contributed by atoms with Crippen LogP contribution >= 0.6 is 11.6 Å². The highest BCUT2D eigenvalue weighted by Gasteiger charge is 2.18. The summed E-state index contributed by atoms with van der Waals surface area (Å²) in [6, 6.07) is 25.5. The van der Waals surface area contributed by atoms with Crippen molar-refractivity contribution >= 4 is 39.4 Å². The van der Waals surface area contributed by atoms with Crippen LogP contribution in [0.4, 0.5) is 0 Å². The summed E-state index contributed by atoms with van der Waals surface area (Å²) < 4.78 is 17.1. The molecule has 1 heterocycles. The molecule has 0 saturated heterocycles. The molecule has 0 bridgehead atoms. The molecule has 0 radical (unpaired) electrons. The van der Waals surface area contributed by atoms with Gasteiger partial charge in [-0.3, -0.25) is 0 Å². The first-order valence-corrected chi connectivity index (χ1v) is 11.0. The first-order valence-electron chi connectivity index (χ1n) is 10.6. The number of carbonyl (C=O) groups excluding carboxylic acids is 1. The summed E-state index contributed by atoms with van der Waals surface area (Å²) in [7, 11) is 0. The SMILES string of the molecule is C[C@@H](Oc1ccc(Oc2cnc3cc(Cl)ccc3n2)cc1)C(=O)Oc1cccc2ccccc12. The third-order valence-corrected chi connectivity index (χ3v) is 5.37. The normalized spacial score (nSPS) is 11.8. The molecule has 0 N–H and O–H groups in total. The lowest BCUT2D eigenvalue weighted by Crippen LogP contribution is -2.28. The third kappa shape index (κ3) is 4.77. The van der Waals surface area contributed by atoms with E-state index in [-0.39, 0.29) is 0 Å². The number of rotatable bonds is 6. The predicted octanol–water partition coefficient (Wildman–Crippen LogP) is 6.60. The van der Waals surface area contributed by atoms with Gasteiger partial charge in [0.1, 0.15) is 17.2 Å². The van der Waals surface area contributed by atoms with Crippen molar-refractivity contribution in [2.24, 2.45) is 0 Å². The quantitative estimate of drug-likeness (QED) is 0.205. The standard InChI is InChI=1S/C27H19ClN2O4/c1-17(27(31)34-25-8-4-6-18-5-2-3-7-22(18)25)32-20-10-12-21(13-11-20)33-26-16-29-24-15-19(28)9-14-23(24)30-26/h2-17H,1H3/t17-/m1/s1. The van der Waals surface area contributed by atoms with Crippen LogP contribution in [0.15, 0.2) is 91.1 Å². The average molecular weight is 471 g/mol. The molecule has 4 aromatic carbocycles. The molecular formula is C27H19ClN2O4. The molecule has 34 heavy (non-hydrogen) atoms. The van der Waals surface area contributed by atoms with Crippen molar-refractivity contribution in [3.63, 3.8) is 0 Å². The monoisotopic (exact) mass is 470 g/mol. The molecule has 0 amide bonds. The second-order valence-corrected chi connectivity index (χ2v) is 8.01. The fourth-order valence-corrected chi connectivity index (χ4v) is 3.62. The van der Waals surface area contributed by atoms with Crippen molar-refractivity contribution in [3.8, 4) is 23.1 Å². The van der Waals surface area contributed by atoms with Crippen LogP contribution < -0.4 is 14.2 Å². The highest BCUT2D eigenvalue weighted by molar-refractivity contribution is 6.31. The van der Waals surface area contributed by atoms with Crippen LogP contribution in [0, 0.1) is 0 Å². The lowest BCUT2D eigenvalue weighted by molar-refractivity contribution is -0.141. The van der Waals surface area contributed by atoms with Gasteiger partial charge in [-0.05, 0) is 60.8 Å². The van der Waals surface area contributed by atoms with Crippen molar-refractivity contribution in [3.05, 3.63) is 96.1 Å². The van der Waals surface area contributed by atoms with E-state index in [1.165, 1.54) is 6.20 Å². The van der Waals surface area contributed by atoms with Gasteiger partial charge in [0.25, 0.3) is 0 Å². The van der Waals surface area contributed by atoms with E-state index >= 15 is 0 Å². The molecule has 0 aliphatic heterocycles. The summed E-state index contributed by atoms with van der Waals surface area (Å²) in [6.07, 6.45) is 0.734. The van der Waals surface area contributed by atoms with Crippen molar-refractivity contribution in [2.45, 2.75) is 13.0 Å². The van der Waals surface area contributed by atoms with E-state index in [0.717, 1.165) is 10.8 Å². The largest absolute Gasteiger partial charge is 0.479 e. The second-order valence-electron chi connectivity index (χ2n) is 7.57. The predicted molar refractivity (Wildman–Crippen MR) is 131 cm³/mol. The minimum absolute atomic E-state index is 0.357. The maximum Gasteiger partial charge on any atom is 0.352 e. The zero-order valence-electron chi connectivity index (χ0n) is 18.1. The molecule has 0 unspecified atom stereocenters. The van der Waals surface area contributed by atoms with Crippen LogP contribution in [-0.4, -0.2) is 22.0 Å². The molecule has 5 aromatic rings. The third-order valence-electron chi connectivity index (χ3n) is 5.13. The number of ether oxygens (including phenoxy) is 3. The van der Waals surface area contributed by atoms with E-state index in [1.54, 1.807) is 55.5 Å². The van der Waals surface area contributed by atoms with Crippen LogP contribution in [0.25, 0.3) is 21.8 Å². The number of nitrogens with zero attached hydrogens (tertiary/aromatic N) is 2. The molecule has 0 aliphatic carbocycles. The molecule has 168 valence electrons. The summed E-state index contributed by atoms with van der Waals surface area (Å²) in [5.74, 6) is 1.44. The Bertz CT molecular complexity index is 1480. The molecule has 0 spiro atoms. The summed E-state index contributed by atoms with van der Waals surface area (Å²) in [5.41, 5.74) is 1.37. The Labute approximate surface area is 200 Å². The van der Waals surface area contributed by atoms with Gasteiger partial charge in [-0.25, -0.2) is 14.8 Å². The number of carbonyl (C=O) groups is 1. The number of fused-ring (bicyclic) bond motifs is 2. The topological polar surface area (TPSA) is 70.5 Å². The van der Waals surface area contributed by atoms with E-state index < -0.39 is 12.1 Å². The fourth-order valence-electron chi connectivity index (χ4n) is 3.45. The Hall–Kier alpha value is -4.16. The van der Waals surface area contributed by atoms with Gasteiger partial charge in [0.15, 0.2) is 6.10 Å². The molecular weight excluding hydrogens is 452 g/mol. The van der Waals surface area contributed by atoms with Crippen molar-refractivity contribution < 1.29 is 19.0 Å². The van der Waals surface area contributed by atoms with E-state index in [9.17, 15) is 4.79 Å². The Balaban J connectivity index is 1.23. The van der Waals surface area contributed by atoms with Crippen molar-refractivity contribution in [1.29, 1.82) is 0 Å². The van der Waals surface area contributed by atoms with Crippen LogP contribution in [0.1, 0.15) is 6.92 Å². The van der Waals surface area contributed by atoms with Gasteiger partial charge in [0.2, 0.25) is 5.88 Å². The smallest absolute Gasteiger partial charge is 0.352 e. The van der Waals surface area contributed by atoms with Crippen LogP contribution in [0.3, 0.4) is 0 Å². The lowest BCUT2D eigenvalue weighted by atomic mass is 10.1. The van der Waals surface area contributed by atoms with Gasteiger partial charge < -0.3 is 14.2 Å². The van der Waals surface area contributed by atoms with Crippen molar-refractivity contribution in [2.75, 3.05) is 0 Å². The zero-order valence-corrected chi connectivity index (χ0v) is 18.9. The molecule has 7 heteroatoms. The Morgan fingerprint density at radius 3 is 2.50 bits per heavy atom. The number of esters is 1. The van der Waals surface area contributed by atoms with E-state index in [0.29, 0.717) is 39.2 Å². The zero-order chi connectivity index (χ0) is 23.5. The Kier molecular flexibility index (Phi) is 5.97. The molecule has 1 atom stereocenters. The number of benzene rings is 4. The number of hydrogen-bond donors (Lipinski definition) is 0. The molecule has 0 saturated carbocycles. The first-order chi connectivity index (χ1) is 16.5. The molecule has 0 fully saturated rings. The molecule has 1 aromatic heterocycles. The Morgan fingerprint density at radius 2 is 1.65 bits per heavy atom. The molecule has 6 nitrogen and oxygen atoms in total. The van der Waals surface area contributed by atoms with E-state index in [4.69, 9.17) is 25.8 Å². The van der Waals surface area contributed by atoms with Crippen molar-refractivity contribution in [1.82, 2.24) is 9.97 Å².